The second-order valence-corrected chi connectivity index (χ2v) is 15.0. The number of aliphatic hydroxyl groups is 1. The van der Waals surface area contributed by atoms with E-state index >= 15 is 0 Å². The maximum Gasteiger partial charge on any atom is 0.196 e. The summed E-state index contributed by atoms with van der Waals surface area (Å²) in [5.74, 6) is -0.122. The quantitative estimate of drug-likeness (QED) is 0.332. The summed E-state index contributed by atoms with van der Waals surface area (Å²) in [7, 11) is 0. The Morgan fingerprint density at radius 1 is 0.615 bits per heavy atom. The molecule has 0 spiro atoms. The fourth-order valence-electron chi connectivity index (χ4n) is 5.06. The Morgan fingerprint density at radius 3 is 1.56 bits per heavy atom. The monoisotopic (exact) mass is 528 g/mol. The van der Waals surface area contributed by atoms with Crippen molar-refractivity contribution in [1.29, 1.82) is 0 Å². The predicted molar refractivity (Wildman–Crippen MR) is 164 cm³/mol. The Balaban J connectivity index is 2.21. The molecule has 0 aliphatic carbocycles. The summed E-state index contributed by atoms with van der Waals surface area (Å²) < 4.78 is 0. The zero-order chi connectivity index (χ0) is 29.7. The molecule has 0 aliphatic heterocycles. The van der Waals surface area contributed by atoms with Crippen LogP contribution < -0.4 is 0 Å². The Hall–Kier alpha value is -2.91. The lowest BCUT2D eigenvalue weighted by Crippen LogP contribution is -2.21. The van der Waals surface area contributed by atoms with Gasteiger partial charge in [-0.1, -0.05) is 126 Å². The summed E-state index contributed by atoms with van der Waals surface area (Å²) in [6, 6.07) is 17.7. The molecule has 0 aromatic heterocycles. The number of hydrogen-bond acceptors (Lipinski definition) is 3. The maximum atomic E-state index is 14.0. The van der Waals surface area contributed by atoms with Gasteiger partial charge in [0, 0.05) is 5.56 Å². The molecule has 0 saturated heterocycles. The van der Waals surface area contributed by atoms with Gasteiger partial charge in [-0.15, -0.1) is 0 Å². The third-order valence-corrected chi connectivity index (χ3v) is 7.49. The number of carbonyl (C=O) groups is 1. The first-order valence-corrected chi connectivity index (χ1v) is 14.0. The zero-order valence-electron chi connectivity index (χ0n) is 26.1. The summed E-state index contributed by atoms with van der Waals surface area (Å²) in [4.78, 5) is 14.0. The molecular weight excluding hydrogens is 480 g/mol. The fraction of sp³-hybridized carbons (Fsp3) is 0.472. The van der Waals surface area contributed by atoms with Crippen molar-refractivity contribution in [2.45, 2.75) is 111 Å². The highest BCUT2D eigenvalue weighted by molar-refractivity contribution is 6.05. The van der Waals surface area contributed by atoms with Crippen molar-refractivity contribution in [1.82, 2.24) is 0 Å². The van der Waals surface area contributed by atoms with Crippen molar-refractivity contribution < 1.29 is 15.0 Å². The van der Waals surface area contributed by atoms with Crippen LogP contribution in [0.15, 0.2) is 54.6 Å². The third kappa shape index (κ3) is 6.47. The second kappa shape index (κ2) is 10.2. The Kier molecular flexibility index (Phi) is 8.05. The van der Waals surface area contributed by atoms with Gasteiger partial charge in [-0.05, 0) is 72.7 Å². The molecule has 0 radical (unpaired) electrons. The van der Waals surface area contributed by atoms with Gasteiger partial charge in [-0.25, -0.2) is 0 Å². The van der Waals surface area contributed by atoms with Crippen LogP contribution in [0.3, 0.4) is 0 Å². The van der Waals surface area contributed by atoms with Crippen LogP contribution in [0.4, 0.5) is 0 Å². The highest BCUT2D eigenvalue weighted by atomic mass is 16.3. The van der Waals surface area contributed by atoms with Gasteiger partial charge in [-0.2, -0.15) is 0 Å². The highest BCUT2D eigenvalue weighted by Crippen LogP contribution is 2.42. The van der Waals surface area contributed by atoms with E-state index in [9.17, 15) is 15.0 Å². The first-order valence-electron chi connectivity index (χ1n) is 14.0. The topological polar surface area (TPSA) is 57.5 Å². The Bertz CT molecular complexity index is 1330. The maximum absolute atomic E-state index is 14.0. The summed E-state index contributed by atoms with van der Waals surface area (Å²) in [5, 5.41) is 22.7. The molecule has 0 saturated carbocycles. The standard InChI is InChI=1S/C36H48O3/c1-33(2,3)23-17-18-25(27(21-23)34(4,5)6)24-15-13-14-16-26(24)31(38)30(37)22-19-28(35(7,8)9)32(39)29(20-22)36(10,11)12/h13-21,30,37,39H,1-12H3. The molecule has 0 fully saturated rings. The average Bonchev–Trinajstić information content (AvgIpc) is 2.80. The first-order chi connectivity index (χ1) is 17.6. The molecule has 3 rings (SSSR count). The van der Waals surface area contributed by atoms with E-state index in [0.29, 0.717) is 11.1 Å². The van der Waals surface area contributed by atoms with Crippen LogP contribution in [0.1, 0.15) is 127 Å². The molecule has 0 bridgehead atoms. The van der Waals surface area contributed by atoms with E-state index in [1.165, 1.54) is 11.1 Å². The van der Waals surface area contributed by atoms with E-state index in [1.54, 1.807) is 18.2 Å². The van der Waals surface area contributed by atoms with E-state index in [2.05, 4.69) is 59.7 Å². The van der Waals surface area contributed by atoms with Crippen LogP contribution in [0.25, 0.3) is 11.1 Å². The number of aromatic hydroxyl groups is 1. The molecular formula is C36H48O3. The van der Waals surface area contributed by atoms with Gasteiger partial charge < -0.3 is 10.2 Å². The van der Waals surface area contributed by atoms with E-state index in [4.69, 9.17) is 0 Å². The lowest BCUT2D eigenvalue weighted by atomic mass is 9.76. The van der Waals surface area contributed by atoms with Gasteiger partial charge in [0.2, 0.25) is 0 Å². The molecule has 0 aliphatic rings. The van der Waals surface area contributed by atoms with Crippen molar-refractivity contribution in [2.75, 3.05) is 0 Å². The van der Waals surface area contributed by atoms with Gasteiger partial charge >= 0.3 is 0 Å². The lowest BCUT2D eigenvalue weighted by molar-refractivity contribution is 0.0747. The van der Waals surface area contributed by atoms with Crippen molar-refractivity contribution in [2.24, 2.45) is 0 Å². The molecule has 3 aromatic carbocycles. The summed E-state index contributed by atoms with van der Waals surface area (Å²) >= 11 is 0. The SMILES string of the molecule is CC(C)(C)c1ccc(-c2ccccc2C(=O)C(O)c2cc(C(C)(C)C)c(O)c(C(C)(C)C)c2)c(C(C)(C)C)c1. The van der Waals surface area contributed by atoms with Crippen molar-refractivity contribution in [3.8, 4) is 16.9 Å². The number of benzene rings is 3. The van der Waals surface area contributed by atoms with Crippen LogP contribution in [-0.4, -0.2) is 16.0 Å². The van der Waals surface area contributed by atoms with Gasteiger partial charge in [-0.3, -0.25) is 4.79 Å². The lowest BCUT2D eigenvalue weighted by Gasteiger charge is -2.29. The number of carbonyl (C=O) groups excluding carboxylic acids is 1. The van der Waals surface area contributed by atoms with Crippen LogP contribution in [0.5, 0.6) is 5.75 Å². The van der Waals surface area contributed by atoms with E-state index in [1.807, 2.05) is 59.7 Å². The molecule has 39 heavy (non-hydrogen) atoms. The van der Waals surface area contributed by atoms with Crippen LogP contribution >= 0.6 is 0 Å². The minimum atomic E-state index is -1.36. The number of hydrogen-bond donors (Lipinski definition) is 2. The van der Waals surface area contributed by atoms with Crippen LogP contribution in [0, 0.1) is 0 Å². The van der Waals surface area contributed by atoms with Crippen molar-refractivity contribution in [3.05, 3.63) is 88.0 Å². The van der Waals surface area contributed by atoms with Gasteiger partial charge in [0.1, 0.15) is 11.9 Å². The van der Waals surface area contributed by atoms with Gasteiger partial charge in [0.05, 0.1) is 0 Å². The largest absolute Gasteiger partial charge is 0.507 e. The minimum Gasteiger partial charge on any atom is -0.507 e. The zero-order valence-corrected chi connectivity index (χ0v) is 26.1. The van der Waals surface area contributed by atoms with Gasteiger partial charge in [0.15, 0.2) is 5.78 Å². The second-order valence-electron chi connectivity index (χ2n) is 15.0. The highest BCUT2D eigenvalue weighted by Gasteiger charge is 2.31. The summed E-state index contributed by atoms with van der Waals surface area (Å²) in [5.41, 5.74) is 5.78. The van der Waals surface area contributed by atoms with E-state index in [-0.39, 0.29) is 33.2 Å². The number of ketones is 1. The molecule has 210 valence electrons. The molecule has 1 atom stereocenters. The molecule has 1 unspecified atom stereocenters. The van der Waals surface area contributed by atoms with Crippen LogP contribution in [-0.2, 0) is 21.7 Å². The smallest absolute Gasteiger partial charge is 0.196 e. The molecule has 2 N–H and O–H groups in total. The average molecular weight is 529 g/mol. The first kappa shape index (κ1) is 30.6. The number of rotatable bonds is 4. The Labute approximate surface area is 236 Å². The number of phenols is 1. The van der Waals surface area contributed by atoms with E-state index < -0.39 is 6.10 Å². The molecule has 0 heterocycles. The van der Waals surface area contributed by atoms with Crippen LogP contribution in [0.2, 0.25) is 0 Å². The number of phenolic OH excluding ortho intramolecular Hbond substituents is 1. The van der Waals surface area contributed by atoms with Crippen molar-refractivity contribution in [3.63, 3.8) is 0 Å². The predicted octanol–water partition coefficient (Wildman–Crippen LogP) is 9.17. The summed E-state index contributed by atoms with van der Waals surface area (Å²) in [6.45, 7) is 25.3. The Morgan fingerprint density at radius 2 is 1.10 bits per heavy atom. The molecule has 3 aromatic rings. The summed E-state index contributed by atoms with van der Waals surface area (Å²) in [6.07, 6.45) is -1.36. The van der Waals surface area contributed by atoms with Gasteiger partial charge in [0.25, 0.3) is 0 Å². The molecule has 3 nitrogen and oxygen atoms in total. The fourth-order valence-corrected chi connectivity index (χ4v) is 5.06. The number of Topliss-reactive ketones (excluding diaryl/α,β-unsaturated/α-hetero) is 1. The van der Waals surface area contributed by atoms with Crippen molar-refractivity contribution >= 4 is 5.78 Å². The third-order valence-electron chi connectivity index (χ3n) is 7.49. The molecule has 3 heteroatoms. The minimum absolute atomic E-state index is 0.00153. The normalized spacial score (nSPS) is 13.9. The van der Waals surface area contributed by atoms with E-state index in [0.717, 1.165) is 22.3 Å². The molecule has 0 amide bonds. The number of aliphatic hydroxyl groups excluding tert-OH is 1.